The summed E-state index contributed by atoms with van der Waals surface area (Å²) in [5.41, 5.74) is 6.27. The molecule has 0 amide bonds. The van der Waals surface area contributed by atoms with Gasteiger partial charge in [0.25, 0.3) is 0 Å². The van der Waals surface area contributed by atoms with Crippen molar-refractivity contribution in [2.45, 2.75) is 6.54 Å². The Labute approximate surface area is 204 Å². The maximum atomic E-state index is 5.83. The van der Waals surface area contributed by atoms with E-state index in [-0.39, 0.29) is 6.01 Å². The second-order valence-corrected chi connectivity index (χ2v) is 7.13. The van der Waals surface area contributed by atoms with Crippen LogP contribution in [0.2, 0.25) is 0 Å². The Morgan fingerprint density at radius 3 is 2.23 bits per heavy atom. The number of hydrogen-bond acceptors (Lipinski definition) is 11. The fraction of sp³-hybridized carbons (Fsp3) is 0.375. The minimum Gasteiger partial charge on any atom is -0.493 e. The van der Waals surface area contributed by atoms with Crippen LogP contribution >= 0.6 is 0 Å². The summed E-state index contributed by atoms with van der Waals surface area (Å²) >= 11 is 0. The van der Waals surface area contributed by atoms with Gasteiger partial charge >= 0.3 is 6.01 Å². The molecule has 0 fully saturated rings. The van der Waals surface area contributed by atoms with Crippen molar-refractivity contribution < 1.29 is 23.7 Å². The molecule has 0 spiro atoms. The average Bonchev–Trinajstić information content (AvgIpc) is 2.89. The molecular weight excluding hydrogens is 452 g/mol. The highest BCUT2D eigenvalue weighted by Gasteiger charge is 2.12. The smallest absolute Gasteiger partial charge is 0.328 e. The summed E-state index contributed by atoms with van der Waals surface area (Å²) in [7, 11) is 3.20. The van der Waals surface area contributed by atoms with Crippen LogP contribution in [0.4, 0.5) is 11.9 Å². The molecule has 188 valence electrons. The SMILES string of the molecule is COc1cccc(CNc2nc(NCCOCCOCCN)nc(Oc3ccccc3)n2)c1OC. The number of para-hydroxylation sites is 2. The molecule has 3 rings (SSSR count). The van der Waals surface area contributed by atoms with Gasteiger partial charge in [-0.05, 0) is 18.2 Å². The van der Waals surface area contributed by atoms with Gasteiger partial charge in [0.15, 0.2) is 11.5 Å². The third kappa shape index (κ3) is 8.56. The zero-order valence-corrected chi connectivity index (χ0v) is 20.0. The molecule has 35 heavy (non-hydrogen) atoms. The summed E-state index contributed by atoms with van der Waals surface area (Å²) in [5, 5.41) is 6.35. The van der Waals surface area contributed by atoms with Crippen molar-refractivity contribution >= 4 is 11.9 Å². The molecule has 1 aromatic heterocycles. The minimum atomic E-state index is 0.157. The number of benzene rings is 2. The van der Waals surface area contributed by atoms with E-state index >= 15 is 0 Å². The number of aromatic nitrogens is 3. The largest absolute Gasteiger partial charge is 0.493 e. The highest BCUT2D eigenvalue weighted by molar-refractivity contribution is 5.48. The molecule has 11 nitrogen and oxygen atoms in total. The van der Waals surface area contributed by atoms with Gasteiger partial charge in [0.05, 0.1) is 40.6 Å². The van der Waals surface area contributed by atoms with Crippen molar-refractivity contribution in [2.75, 3.05) is 64.4 Å². The van der Waals surface area contributed by atoms with Crippen molar-refractivity contribution in [3.63, 3.8) is 0 Å². The summed E-state index contributed by atoms with van der Waals surface area (Å²) in [6.45, 7) is 3.35. The van der Waals surface area contributed by atoms with Crippen molar-refractivity contribution in [2.24, 2.45) is 5.73 Å². The zero-order chi connectivity index (χ0) is 24.7. The van der Waals surface area contributed by atoms with Crippen molar-refractivity contribution in [3.8, 4) is 23.3 Å². The number of anilines is 2. The van der Waals surface area contributed by atoms with E-state index in [1.54, 1.807) is 14.2 Å². The van der Waals surface area contributed by atoms with Gasteiger partial charge in [-0.2, -0.15) is 15.0 Å². The molecule has 11 heteroatoms. The third-order valence-electron chi connectivity index (χ3n) is 4.65. The summed E-state index contributed by atoms with van der Waals surface area (Å²) in [6.07, 6.45) is 0. The van der Waals surface area contributed by atoms with Gasteiger partial charge in [-0.25, -0.2) is 0 Å². The summed E-state index contributed by atoms with van der Waals surface area (Å²) < 4.78 is 27.5. The van der Waals surface area contributed by atoms with Crippen LogP contribution < -0.4 is 30.6 Å². The third-order valence-corrected chi connectivity index (χ3v) is 4.65. The predicted octanol–water partition coefficient (Wildman–Crippen LogP) is 2.70. The van der Waals surface area contributed by atoms with Crippen molar-refractivity contribution in [1.29, 1.82) is 0 Å². The van der Waals surface area contributed by atoms with E-state index in [4.69, 9.17) is 29.4 Å². The molecule has 0 unspecified atom stereocenters. The van der Waals surface area contributed by atoms with Crippen LogP contribution in [0, 0.1) is 0 Å². The highest BCUT2D eigenvalue weighted by atomic mass is 16.5. The number of methoxy groups -OCH3 is 2. The first-order chi connectivity index (χ1) is 17.2. The van der Waals surface area contributed by atoms with Gasteiger partial charge in [-0.15, -0.1) is 0 Å². The molecule has 2 aromatic carbocycles. The van der Waals surface area contributed by atoms with E-state index in [1.807, 2.05) is 48.5 Å². The lowest BCUT2D eigenvalue weighted by molar-refractivity contribution is 0.0547. The van der Waals surface area contributed by atoms with Gasteiger partial charge < -0.3 is 40.1 Å². The minimum absolute atomic E-state index is 0.157. The van der Waals surface area contributed by atoms with E-state index in [0.717, 1.165) is 5.56 Å². The number of nitrogens with two attached hydrogens (primary N) is 1. The van der Waals surface area contributed by atoms with E-state index in [2.05, 4.69) is 25.6 Å². The Balaban J connectivity index is 1.66. The molecule has 0 bridgehead atoms. The molecule has 0 saturated heterocycles. The van der Waals surface area contributed by atoms with Crippen LogP contribution in [0.5, 0.6) is 23.3 Å². The Morgan fingerprint density at radius 1 is 0.771 bits per heavy atom. The van der Waals surface area contributed by atoms with Gasteiger partial charge in [-0.1, -0.05) is 30.3 Å². The van der Waals surface area contributed by atoms with Crippen LogP contribution in [0.15, 0.2) is 48.5 Å². The summed E-state index contributed by atoms with van der Waals surface area (Å²) in [5.74, 6) is 2.60. The van der Waals surface area contributed by atoms with E-state index in [1.165, 1.54) is 0 Å². The molecule has 0 saturated carbocycles. The molecular formula is C24H32N6O5. The first-order valence-corrected chi connectivity index (χ1v) is 11.3. The Hall–Kier alpha value is -3.67. The molecule has 4 N–H and O–H groups in total. The van der Waals surface area contributed by atoms with Crippen LogP contribution in [0.25, 0.3) is 0 Å². The van der Waals surface area contributed by atoms with E-state index in [9.17, 15) is 0 Å². The Kier molecular flexibility index (Phi) is 10.8. The molecule has 0 aliphatic carbocycles. The van der Waals surface area contributed by atoms with Crippen LogP contribution in [-0.2, 0) is 16.0 Å². The lowest BCUT2D eigenvalue weighted by Crippen LogP contribution is -2.16. The van der Waals surface area contributed by atoms with E-state index in [0.29, 0.717) is 75.2 Å². The second-order valence-electron chi connectivity index (χ2n) is 7.13. The molecule has 0 radical (unpaired) electrons. The number of rotatable bonds is 16. The average molecular weight is 485 g/mol. The highest BCUT2D eigenvalue weighted by Crippen LogP contribution is 2.31. The number of nitrogens with one attached hydrogen (secondary N) is 2. The first kappa shape index (κ1) is 25.9. The fourth-order valence-corrected chi connectivity index (χ4v) is 3.06. The quantitative estimate of drug-likeness (QED) is 0.259. The monoisotopic (exact) mass is 484 g/mol. The zero-order valence-electron chi connectivity index (χ0n) is 20.0. The number of ether oxygens (including phenoxy) is 5. The Bertz CT molecular complexity index is 1020. The lowest BCUT2D eigenvalue weighted by atomic mass is 10.2. The predicted molar refractivity (Wildman–Crippen MR) is 132 cm³/mol. The maximum Gasteiger partial charge on any atom is 0.328 e. The molecule has 0 atom stereocenters. The molecule has 3 aromatic rings. The summed E-state index contributed by atoms with van der Waals surface area (Å²) in [4.78, 5) is 13.2. The maximum absolute atomic E-state index is 5.83. The molecule has 0 aliphatic heterocycles. The summed E-state index contributed by atoms with van der Waals surface area (Å²) in [6, 6.07) is 15.1. The first-order valence-electron chi connectivity index (χ1n) is 11.3. The Morgan fingerprint density at radius 2 is 1.51 bits per heavy atom. The van der Waals surface area contributed by atoms with Gasteiger partial charge in [0, 0.05) is 25.2 Å². The van der Waals surface area contributed by atoms with E-state index < -0.39 is 0 Å². The fourth-order valence-electron chi connectivity index (χ4n) is 3.06. The molecule has 1 heterocycles. The van der Waals surface area contributed by atoms with Crippen LogP contribution in [-0.4, -0.2) is 68.7 Å². The van der Waals surface area contributed by atoms with Gasteiger partial charge in [-0.3, -0.25) is 0 Å². The lowest BCUT2D eigenvalue weighted by Gasteiger charge is -2.14. The number of hydrogen-bond donors (Lipinski definition) is 3. The van der Waals surface area contributed by atoms with Gasteiger partial charge in [0.1, 0.15) is 5.75 Å². The topological polar surface area (TPSA) is 135 Å². The normalized spacial score (nSPS) is 10.6. The standard InChI is InChI=1S/C24H32N6O5/c1-31-20-10-6-7-18(21(20)32-2)17-27-23-28-22(26-12-14-34-16-15-33-13-11-25)29-24(30-23)35-19-8-4-3-5-9-19/h3-10H,11-17,25H2,1-2H3,(H2,26,27,28,29,30). The van der Waals surface area contributed by atoms with Crippen molar-refractivity contribution in [1.82, 2.24) is 15.0 Å². The molecule has 0 aliphatic rings. The number of nitrogens with zero attached hydrogens (tertiary/aromatic N) is 3. The second kappa shape index (κ2) is 14.6. The van der Waals surface area contributed by atoms with Crippen molar-refractivity contribution in [3.05, 3.63) is 54.1 Å². The van der Waals surface area contributed by atoms with Crippen LogP contribution in [0.1, 0.15) is 5.56 Å². The van der Waals surface area contributed by atoms with Gasteiger partial charge in [0.2, 0.25) is 11.9 Å². The van der Waals surface area contributed by atoms with Crippen LogP contribution in [0.3, 0.4) is 0 Å².